The largest absolute Gasteiger partial charge is 0.396 e. The van der Waals surface area contributed by atoms with E-state index in [9.17, 15) is 0 Å². The van der Waals surface area contributed by atoms with Gasteiger partial charge in [0.25, 0.3) is 0 Å². The van der Waals surface area contributed by atoms with Crippen LogP contribution < -0.4 is 0 Å². The molecule has 1 aliphatic heterocycles. The first kappa shape index (κ1) is 10.0. The van der Waals surface area contributed by atoms with E-state index < -0.39 is 0 Å². The Kier molecular flexibility index (Phi) is 4.02. The number of hydrogen-bond acceptors (Lipinski definition) is 2. The molecule has 12 heavy (non-hydrogen) atoms. The third kappa shape index (κ3) is 2.46. The van der Waals surface area contributed by atoms with Crippen LogP contribution in [0, 0.1) is 11.8 Å². The third-order valence-electron chi connectivity index (χ3n) is 2.96. The second-order valence-corrected chi connectivity index (χ2v) is 3.85. The van der Waals surface area contributed by atoms with Crippen LogP contribution in [0.3, 0.4) is 0 Å². The molecule has 1 heterocycles. The molecule has 2 heteroatoms. The Balaban J connectivity index is 2.34. The van der Waals surface area contributed by atoms with Gasteiger partial charge in [-0.05, 0) is 31.1 Å². The van der Waals surface area contributed by atoms with Crippen LogP contribution in [-0.2, 0) is 4.74 Å². The summed E-state index contributed by atoms with van der Waals surface area (Å²) in [5.41, 5.74) is 0. The quantitative estimate of drug-likeness (QED) is 0.703. The number of rotatable bonds is 3. The summed E-state index contributed by atoms with van der Waals surface area (Å²) in [5.74, 6) is 1.12. The minimum absolute atomic E-state index is 0.321. The summed E-state index contributed by atoms with van der Waals surface area (Å²) in [5, 5.41) is 9.01. The van der Waals surface area contributed by atoms with E-state index in [1.165, 1.54) is 0 Å². The summed E-state index contributed by atoms with van der Waals surface area (Å²) in [7, 11) is 0. The molecule has 0 spiro atoms. The first-order valence-corrected chi connectivity index (χ1v) is 5.00. The van der Waals surface area contributed by atoms with E-state index in [-0.39, 0.29) is 0 Å². The van der Waals surface area contributed by atoms with Crippen molar-refractivity contribution >= 4 is 0 Å². The van der Waals surface area contributed by atoms with Gasteiger partial charge in [-0.25, -0.2) is 0 Å². The van der Waals surface area contributed by atoms with Crippen molar-refractivity contribution in [3.8, 4) is 0 Å². The highest BCUT2D eigenvalue weighted by Gasteiger charge is 2.24. The van der Waals surface area contributed by atoms with E-state index in [4.69, 9.17) is 9.84 Å². The zero-order valence-corrected chi connectivity index (χ0v) is 8.12. The van der Waals surface area contributed by atoms with E-state index >= 15 is 0 Å². The van der Waals surface area contributed by atoms with E-state index in [1.54, 1.807) is 0 Å². The van der Waals surface area contributed by atoms with Crippen LogP contribution in [0.5, 0.6) is 0 Å². The molecule has 0 aliphatic carbocycles. The van der Waals surface area contributed by atoms with Crippen molar-refractivity contribution in [2.75, 3.05) is 13.2 Å². The molecule has 0 aromatic rings. The molecule has 0 bridgehead atoms. The lowest BCUT2D eigenvalue weighted by molar-refractivity contribution is -0.0277. The lowest BCUT2D eigenvalue weighted by Gasteiger charge is -2.32. The summed E-state index contributed by atoms with van der Waals surface area (Å²) < 4.78 is 5.57. The molecule has 1 saturated heterocycles. The molecular formula is C10H20O2. The molecule has 2 nitrogen and oxygen atoms in total. The lowest BCUT2D eigenvalue weighted by atomic mass is 9.85. The van der Waals surface area contributed by atoms with Crippen molar-refractivity contribution in [2.45, 2.75) is 39.2 Å². The molecule has 3 atom stereocenters. The maximum Gasteiger partial charge on any atom is 0.0575 e. The third-order valence-corrected chi connectivity index (χ3v) is 2.96. The van der Waals surface area contributed by atoms with Gasteiger partial charge in [-0.1, -0.05) is 13.8 Å². The Morgan fingerprint density at radius 3 is 2.92 bits per heavy atom. The minimum Gasteiger partial charge on any atom is -0.396 e. The lowest BCUT2D eigenvalue weighted by Crippen LogP contribution is -2.29. The molecular weight excluding hydrogens is 152 g/mol. The van der Waals surface area contributed by atoms with Crippen molar-refractivity contribution in [2.24, 2.45) is 11.8 Å². The molecule has 72 valence electrons. The molecule has 1 fully saturated rings. The van der Waals surface area contributed by atoms with Crippen molar-refractivity contribution in [1.82, 2.24) is 0 Å². The maximum atomic E-state index is 9.01. The number of ether oxygens (including phenoxy) is 1. The minimum atomic E-state index is 0.321. The Morgan fingerprint density at radius 2 is 2.33 bits per heavy atom. The number of aliphatic hydroxyl groups is 1. The van der Waals surface area contributed by atoms with Gasteiger partial charge in [-0.2, -0.15) is 0 Å². The molecule has 1 aliphatic rings. The molecule has 3 unspecified atom stereocenters. The monoisotopic (exact) mass is 172 g/mol. The topological polar surface area (TPSA) is 29.5 Å². The average Bonchev–Trinajstić information content (AvgIpc) is 2.17. The molecule has 1 rings (SSSR count). The fourth-order valence-electron chi connectivity index (χ4n) is 1.86. The van der Waals surface area contributed by atoms with Crippen LogP contribution in [0.4, 0.5) is 0 Å². The van der Waals surface area contributed by atoms with E-state index in [0.29, 0.717) is 24.5 Å². The van der Waals surface area contributed by atoms with Crippen LogP contribution in [0.2, 0.25) is 0 Å². The highest BCUT2D eigenvalue weighted by Crippen LogP contribution is 2.27. The van der Waals surface area contributed by atoms with Gasteiger partial charge in [0.15, 0.2) is 0 Å². The zero-order valence-electron chi connectivity index (χ0n) is 8.12. The predicted molar refractivity (Wildman–Crippen MR) is 49.0 cm³/mol. The van der Waals surface area contributed by atoms with Gasteiger partial charge >= 0.3 is 0 Å². The average molecular weight is 172 g/mol. The smallest absolute Gasteiger partial charge is 0.0575 e. The highest BCUT2D eigenvalue weighted by molar-refractivity contribution is 4.74. The van der Waals surface area contributed by atoms with Gasteiger partial charge in [-0.15, -0.1) is 0 Å². The Bertz CT molecular complexity index is 123. The second-order valence-electron chi connectivity index (χ2n) is 3.85. The van der Waals surface area contributed by atoms with Gasteiger partial charge in [0, 0.05) is 13.2 Å². The van der Waals surface area contributed by atoms with Crippen molar-refractivity contribution in [1.29, 1.82) is 0 Å². The normalized spacial score (nSPS) is 33.2. The fraction of sp³-hybridized carbons (Fsp3) is 1.00. The SMILES string of the molecule is CCC1CC(C(C)CO)CCO1. The first-order chi connectivity index (χ1) is 5.77. The van der Waals surface area contributed by atoms with Crippen LogP contribution in [-0.4, -0.2) is 24.4 Å². The zero-order chi connectivity index (χ0) is 8.97. The molecule has 0 saturated carbocycles. The maximum absolute atomic E-state index is 9.01. The van der Waals surface area contributed by atoms with Crippen LogP contribution in [0.25, 0.3) is 0 Å². The van der Waals surface area contributed by atoms with E-state index in [1.807, 2.05) is 0 Å². The molecule has 0 radical (unpaired) electrons. The van der Waals surface area contributed by atoms with Gasteiger partial charge in [0.2, 0.25) is 0 Å². The van der Waals surface area contributed by atoms with Crippen molar-refractivity contribution < 1.29 is 9.84 Å². The summed E-state index contributed by atoms with van der Waals surface area (Å²) in [6.07, 6.45) is 3.81. The van der Waals surface area contributed by atoms with Gasteiger partial charge in [0.05, 0.1) is 6.10 Å². The van der Waals surface area contributed by atoms with Gasteiger partial charge in [-0.3, -0.25) is 0 Å². The Labute approximate surface area is 74.9 Å². The summed E-state index contributed by atoms with van der Waals surface area (Å²) in [6, 6.07) is 0. The Morgan fingerprint density at radius 1 is 1.58 bits per heavy atom. The molecule has 1 N–H and O–H groups in total. The van der Waals surface area contributed by atoms with Crippen LogP contribution in [0.1, 0.15) is 33.1 Å². The van der Waals surface area contributed by atoms with Crippen LogP contribution >= 0.6 is 0 Å². The van der Waals surface area contributed by atoms with Crippen molar-refractivity contribution in [3.63, 3.8) is 0 Å². The fourth-order valence-corrected chi connectivity index (χ4v) is 1.86. The highest BCUT2D eigenvalue weighted by atomic mass is 16.5. The van der Waals surface area contributed by atoms with Crippen molar-refractivity contribution in [3.05, 3.63) is 0 Å². The molecule has 0 aromatic carbocycles. The van der Waals surface area contributed by atoms with E-state index in [0.717, 1.165) is 25.9 Å². The summed E-state index contributed by atoms with van der Waals surface area (Å²) in [4.78, 5) is 0. The van der Waals surface area contributed by atoms with Crippen LogP contribution in [0.15, 0.2) is 0 Å². The first-order valence-electron chi connectivity index (χ1n) is 5.00. The van der Waals surface area contributed by atoms with Gasteiger partial charge < -0.3 is 9.84 Å². The van der Waals surface area contributed by atoms with Gasteiger partial charge in [0.1, 0.15) is 0 Å². The number of aliphatic hydroxyl groups excluding tert-OH is 1. The molecule has 0 aromatic heterocycles. The summed E-state index contributed by atoms with van der Waals surface area (Å²) >= 11 is 0. The Hall–Kier alpha value is -0.0800. The molecule has 0 amide bonds. The summed E-state index contributed by atoms with van der Waals surface area (Å²) in [6.45, 7) is 5.49. The predicted octanol–water partition coefficient (Wildman–Crippen LogP) is 1.82. The second kappa shape index (κ2) is 4.83. The van der Waals surface area contributed by atoms with E-state index in [2.05, 4.69) is 13.8 Å². The number of hydrogen-bond donors (Lipinski definition) is 1. The standard InChI is InChI=1S/C10H20O2/c1-3-10-6-9(4-5-12-10)8(2)7-11/h8-11H,3-7H2,1-2H3.